The normalized spacial score (nSPS) is 19.7. The van der Waals surface area contributed by atoms with Gasteiger partial charge in [-0.3, -0.25) is 4.79 Å². The van der Waals surface area contributed by atoms with E-state index < -0.39 is 0 Å². The predicted octanol–water partition coefficient (Wildman–Crippen LogP) is 1.95. The second-order valence-corrected chi connectivity index (χ2v) is 6.93. The summed E-state index contributed by atoms with van der Waals surface area (Å²) in [7, 11) is 5.70. The summed E-state index contributed by atoms with van der Waals surface area (Å²) in [5, 5.41) is 0.00747. The molecule has 0 N–H and O–H groups in total. The highest BCUT2D eigenvalue weighted by Crippen LogP contribution is 2.47. The standard InChI is InChI=1S/C16H22N2O4S/c1-17(2)5-4-6-18-14(19)9-23-16(18)11-7-12(20-3)15-13(8-11)21-10-22-15/h7-8,16H,4-6,9-10H2,1-3H3. The van der Waals surface area contributed by atoms with Crippen LogP contribution in [0.4, 0.5) is 0 Å². The zero-order chi connectivity index (χ0) is 16.4. The molecular weight excluding hydrogens is 316 g/mol. The topological polar surface area (TPSA) is 51.2 Å². The van der Waals surface area contributed by atoms with Crippen molar-refractivity contribution in [1.82, 2.24) is 9.80 Å². The Morgan fingerprint density at radius 3 is 2.96 bits per heavy atom. The van der Waals surface area contributed by atoms with Gasteiger partial charge in [0, 0.05) is 6.54 Å². The van der Waals surface area contributed by atoms with Crippen molar-refractivity contribution in [2.75, 3.05) is 46.8 Å². The van der Waals surface area contributed by atoms with Crippen LogP contribution in [0.2, 0.25) is 0 Å². The van der Waals surface area contributed by atoms with Gasteiger partial charge >= 0.3 is 0 Å². The van der Waals surface area contributed by atoms with Crippen molar-refractivity contribution in [2.24, 2.45) is 0 Å². The number of amides is 1. The summed E-state index contributed by atoms with van der Waals surface area (Å²) in [5.74, 6) is 2.69. The highest BCUT2D eigenvalue weighted by atomic mass is 32.2. The van der Waals surface area contributed by atoms with Gasteiger partial charge in [-0.05, 0) is 44.8 Å². The molecule has 0 spiro atoms. The third-order valence-electron chi connectivity index (χ3n) is 3.94. The van der Waals surface area contributed by atoms with Crippen molar-refractivity contribution in [2.45, 2.75) is 11.8 Å². The third-order valence-corrected chi connectivity index (χ3v) is 5.19. The maximum absolute atomic E-state index is 12.2. The van der Waals surface area contributed by atoms with Crippen LogP contribution in [-0.4, -0.2) is 62.5 Å². The second-order valence-electron chi connectivity index (χ2n) is 5.86. The second kappa shape index (κ2) is 6.88. The van der Waals surface area contributed by atoms with Gasteiger partial charge in [0.15, 0.2) is 11.5 Å². The molecule has 126 valence electrons. The maximum Gasteiger partial charge on any atom is 0.233 e. The summed E-state index contributed by atoms with van der Waals surface area (Å²) in [6.07, 6.45) is 0.956. The zero-order valence-electron chi connectivity index (χ0n) is 13.7. The van der Waals surface area contributed by atoms with Crippen LogP contribution >= 0.6 is 11.8 Å². The number of benzene rings is 1. The van der Waals surface area contributed by atoms with E-state index in [-0.39, 0.29) is 18.1 Å². The van der Waals surface area contributed by atoms with Crippen molar-refractivity contribution in [3.05, 3.63) is 17.7 Å². The van der Waals surface area contributed by atoms with E-state index in [9.17, 15) is 4.79 Å². The number of nitrogens with zero attached hydrogens (tertiary/aromatic N) is 2. The fourth-order valence-electron chi connectivity index (χ4n) is 2.82. The molecule has 23 heavy (non-hydrogen) atoms. The first kappa shape index (κ1) is 16.3. The molecule has 1 amide bonds. The first-order valence-electron chi connectivity index (χ1n) is 7.63. The molecule has 1 saturated heterocycles. The first-order chi connectivity index (χ1) is 11.1. The minimum atomic E-state index is 0.00747. The number of methoxy groups -OCH3 is 1. The Kier molecular flexibility index (Phi) is 4.87. The molecule has 7 heteroatoms. The van der Waals surface area contributed by atoms with Crippen molar-refractivity contribution in [3.8, 4) is 17.2 Å². The highest BCUT2D eigenvalue weighted by molar-refractivity contribution is 8.00. The molecule has 0 radical (unpaired) electrons. The summed E-state index contributed by atoms with van der Waals surface area (Å²) < 4.78 is 16.3. The van der Waals surface area contributed by atoms with Gasteiger partial charge in [-0.2, -0.15) is 0 Å². The number of thioether (sulfide) groups is 1. The number of rotatable bonds is 6. The summed E-state index contributed by atoms with van der Waals surface area (Å²) in [6.45, 7) is 1.93. The molecule has 1 unspecified atom stereocenters. The molecule has 0 bridgehead atoms. The average molecular weight is 338 g/mol. The molecule has 2 aliphatic heterocycles. The van der Waals surface area contributed by atoms with E-state index >= 15 is 0 Å². The molecule has 3 rings (SSSR count). The SMILES string of the molecule is COc1cc(C2SCC(=O)N2CCCN(C)C)cc2c1OCO2. The van der Waals surface area contributed by atoms with Gasteiger partial charge in [0.05, 0.1) is 12.9 Å². The van der Waals surface area contributed by atoms with Crippen LogP contribution < -0.4 is 14.2 Å². The predicted molar refractivity (Wildman–Crippen MR) is 89.2 cm³/mol. The molecule has 1 fully saturated rings. The van der Waals surface area contributed by atoms with E-state index in [4.69, 9.17) is 14.2 Å². The van der Waals surface area contributed by atoms with Crippen LogP contribution in [0.3, 0.4) is 0 Å². The molecule has 2 aliphatic rings. The Labute approximate surface area is 140 Å². The van der Waals surface area contributed by atoms with Crippen LogP contribution in [-0.2, 0) is 4.79 Å². The lowest BCUT2D eigenvalue weighted by Gasteiger charge is -2.25. The van der Waals surface area contributed by atoms with E-state index in [0.29, 0.717) is 23.0 Å². The molecule has 1 aromatic carbocycles. The van der Waals surface area contributed by atoms with Crippen LogP contribution in [0, 0.1) is 0 Å². The van der Waals surface area contributed by atoms with Crippen molar-refractivity contribution < 1.29 is 19.0 Å². The Bertz CT molecular complexity index is 594. The van der Waals surface area contributed by atoms with Crippen LogP contribution in [0.5, 0.6) is 17.2 Å². The molecule has 0 saturated carbocycles. The fraction of sp³-hybridized carbons (Fsp3) is 0.562. The average Bonchev–Trinajstić information content (AvgIpc) is 3.13. The van der Waals surface area contributed by atoms with Gasteiger partial charge in [0.1, 0.15) is 5.37 Å². The monoisotopic (exact) mass is 338 g/mol. The number of carbonyl (C=O) groups excluding carboxylic acids is 1. The highest BCUT2D eigenvalue weighted by Gasteiger charge is 2.34. The van der Waals surface area contributed by atoms with Crippen LogP contribution in [0.15, 0.2) is 12.1 Å². The molecule has 2 heterocycles. The molecule has 0 aliphatic carbocycles. The van der Waals surface area contributed by atoms with E-state index in [2.05, 4.69) is 4.90 Å². The number of ether oxygens (including phenoxy) is 3. The van der Waals surface area contributed by atoms with Gasteiger partial charge in [-0.1, -0.05) is 0 Å². The number of hydrogen-bond donors (Lipinski definition) is 0. The Hall–Kier alpha value is -1.60. The molecule has 0 aromatic heterocycles. The van der Waals surface area contributed by atoms with Gasteiger partial charge < -0.3 is 24.0 Å². The van der Waals surface area contributed by atoms with Gasteiger partial charge in [0.25, 0.3) is 0 Å². The van der Waals surface area contributed by atoms with Crippen LogP contribution in [0.1, 0.15) is 17.4 Å². The molecular formula is C16H22N2O4S. The van der Waals surface area contributed by atoms with E-state index in [0.717, 1.165) is 25.1 Å². The number of fused-ring (bicyclic) bond motifs is 1. The van der Waals surface area contributed by atoms with Crippen molar-refractivity contribution in [1.29, 1.82) is 0 Å². The zero-order valence-corrected chi connectivity index (χ0v) is 14.5. The Balaban J connectivity index is 1.80. The number of hydrogen-bond acceptors (Lipinski definition) is 6. The first-order valence-corrected chi connectivity index (χ1v) is 8.68. The summed E-state index contributed by atoms with van der Waals surface area (Å²) >= 11 is 1.65. The Morgan fingerprint density at radius 1 is 1.39 bits per heavy atom. The lowest BCUT2D eigenvalue weighted by molar-refractivity contribution is -0.128. The minimum absolute atomic E-state index is 0.00747. The molecule has 1 aromatic rings. The fourth-order valence-corrected chi connectivity index (χ4v) is 4.02. The van der Waals surface area contributed by atoms with Crippen molar-refractivity contribution >= 4 is 17.7 Å². The number of carbonyl (C=O) groups is 1. The largest absolute Gasteiger partial charge is 0.493 e. The quantitative estimate of drug-likeness (QED) is 0.790. The minimum Gasteiger partial charge on any atom is -0.493 e. The lowest BCUT2D eigenvalue weighted by Crippen LogP contribution is -2.31. The van der Waals surface area contributed by atoms with Crippen molar-refractivity contribution in [3.63, 3.8) is 0 Å². The summed E-state index contributed by atoms with van der Waals surface area (Å²) in [4.78, 5) is 16.3. The smallest absolute Gasteiger partial charge is 0.233 e. The molecule has 1 atom stereocenters. The van der Waals surface area contributed by atoms with Crippen LogP contribution in [0.25, 0.3) is 0 Å². The van der Waals surface area contributed by atoms with E-state index in [1.165, 1.54) is 0 Å². The maximum atomic E-state index is 12.2. The lowest BCUT2D eigenvalue weighted by atomic mass is 10.1. The van der Waals surface area contributed by atoms with E-state index in [1.54, 1.807) is 18.9 Å². The summed E-state index contributed by atoms with van der Waals surface area (Å²) in [6, 6.07) is 3.91. The Morgan fingerprint density at radius 2 is 2.22 bits per heavy atom. The van der Waals surface area contributed by atoms with Gasteiger partial charge in [-0.15, -0.1) is 11.8 Å². The van der Waals surface area contributed by atoms with Gasteiger partial charge in [-0.25, -0.2) is 0 Å². The van der Waals surface area contributed by atoms with E-state index in [1.807, 2.05) is 31.1 Å². The molecule has 6 nitrogen and oxygen atoms in total. The summed E-state index contributed by atoms with van der Waals surface area (Å²) in [5.41, 5.74) is 1.02. The third kappa shape index (κ3) is 3.35. The van der Waals surface area contributed by atoms with Gasteiger partial charge in [0.2, 0.25) is 18.4 Å².